The lowest BCUT2D eigenvalue weighted by Gasteiger charge is -2.27. The SMILES string of the molecule is CC(C)N(Cc1ccc(-c2cccc(S(C)(=O)=O)c2)s1)S(=O)(=O)c1ccccc1C(F)(F)F. The molecule has 0 aliphatic heterocycles. The van der Waals surface area contributed by atoms with Crippen LogP contribution in [0.2, 0.25) is 0 Å². The van der Waals surface area contributed by atoms with Gasteiger partial charge in [-0.25, -0.2) is 16.8 Å². The molecule has 0 radical (unpaired) electrons. The van der Waals surface area contributed by atoms with Gasteiger partial charge in [0.25, 0.3) is 0 Å². The van der Waals surface area contributed by atoms with E-state index >= 15 is 0 Å². The Morgan fingerprint density at radius 1 is 0.939 bits per heavy atom. The molecule has 1 aromatic heterocycles. The van der Waals surface area contributed by atoms with Gasteiger partial charge in [-0.2, -0.15) is 17.5 Å². The van der Waals surface area contributed by atoms with Gasteiger partial charge in [0.05, 0.1) is 15.4 Å². The number of alkyl halides is 3. The minimum atomic E-state index is -4.81. The number of sulfone groups is 1. The van der Waals surface area contributed by atoms with Gasteiger partial charge in [-0.05, 0) is 55.8 Å². The van der Waals surface area contributed by atoms with Gasteiger partial charge < -0.3 is 0 Å². The molecule has 2 aromatic carbocycles. The van der Waals surface area contributed by atoms with Crippen molar-refractivity contribution in [1.82, 2.24) is 4.31 Å². The first-order valence-corrected chi connectivity index (χ1v) is 13.9. The van der Waals surface area contributed by atoms with Crippen LogP contribution in [0.1, 0.15) is 24.3 Å². The highest BCUT2D eigenvalue weighted by Crippen LogP contribution is 2.37. The van der Waals surface area contributed by atoms with Crippen molar-refractivity contribution in [3.05, 3.63) is 71.1 Å². The molecule has 0 aliphatic rings. The second-order valence-corrected chi connectivity index (χ2v) is 12.7. The number of halogens is 3. The van der Waals surface area contributed by atoms with Crippen LogP contribution >= 0.6 is 11.3 Å². The van der Waals surface area contributed by atoms with E-state index in [2.05, 4.69) is 0 Å². The minimum absolute atomic E-state index is 0.122. The Bertz CT molecular complexity index is 1360. The maximum absolute atomic E-state index is 13.5. The summed E-state index contributed by atoms with van der Waals surface area (Å²) in [4.78, 5) is 0.692. The van der Waals surface area contributed by atoms with E-state index in [0.29, 0.717) is 15.3 Å². The first-order valence-electron chi connectivity index (χ1n) is 9.78. The van der Waals surface area contributed by atoms with E-state index in [4.69, 9.17) is 0 Å². The number of hydrogen-bond acceptors (Lipinski definition) is 5. The minimum Gasteiger partial charge on any atom is -0.224 e. The third-order valence-electron chi connectivity index (χ3n) is 4.88. The predicted octanol–water partition coefficient (Wildman–Crippen LogP) is 5.44. The summed E-state index contributed by atoms with van der Waals surface area (Å²) in [5, 5.41) is 0. The molecule has 11 heteroatoms. The first-order chi connectivity index (χ1) is 15.2. The van der Waals surface area contributed by atoms with Gasteiger partial charge in [-0.3, -0.25) is 0 Å². The summed E-state index contributed by atoms with van der Waals surface area (Å²) in [7, 11) is -7.85. The number of sulfonamides is 1. The largest absolute Gasteiger partial charge is 0.417 e. The Morgan fingerprint density at radius 2 is 1.61 bits per heavy atom. The highest BCUT2D eigenvalue weighted by Gasteiger charge is 2.39. The zero-order chi connectivity index (χ0) is 24.6. The van der Waals surface area contributed by atoms with Crippen LogP contribution in [0.5, 0.6) is 0 Å². The molecule has 0 atom stereocenters. The summed E-state index contributed by atoms with van der Waals surface area (Å²) in [6.45, 7) is 3.07. The van der Waals surface area contributed by atoms with Gasteiger partial charge in [0, 0.05) is 28.6 Å². The topological polar surface area (TPSA) is 71.5 Å². The maximum atomic E-state index is 13.5. The Kier molecular flexibility index (Phi) is 7.09. The van der Waals surface area contributed by atoms with E-state index in [9.17, 15) is 30.0 Å². The van der Waals surface area contributed by atoms with Crippen molar-refractivity contribution in [1.29, 1.82) is 0 Å². The first kappa shape index (κ1) is 25.4. The van der Waals surface area contributed by atoms with E-state index in [1.54, 1.807) is 38.1 Å². The monoisotopic (exact) mass is 517 g/mol. The quantitative estimate of drug-likeness (QED) is 0.419. The van der Waals surface area contributed by atoms with Crippen LogP contribution < -0.4 is 0 Å². The molecule has 0 bridgehead atoms. The second-order valence-electron chi connectivity index (χ2n) is 7.70. The highest BCUT2D eigenvalue weighted by molar-refractivity contribution is 7.90. The lowest BCUT2D eigenvalue weighted by molar-refractivity contribution is -0.139. The summed E-state index contributed by atoms with van der Waals surface area (Å²) >= 11 is 1.25. The molecule has 5 nitrogen and oxygen atoms in total. The van der Waals surface area contributed by atoms with Crippen LogP contribution in [0.15, 0.2) is 70.5 Å². The van der Waals surface area contributed by atoms with Gasteiger partial charge >= 0.3 is 6.18 Å². The van der Waals surface area contributed by atoms with Crippen LogP contribution in [0.4, 0.5) is 13.2 Å². The fraction of sp³-hybridized carbons (Fsp3) is 0.273. The Balaban J connectivity index is 1.97. The maximum Gasteiger partial charge on any atom is 0.417 e. The molecule has 33 heavy (non-hydrogen) atoms. The Morgan fingerprint density at radius 3 is 2.21 bits per heavy atom. The molecule has 0 N–H and O–H groups in total. The summed E-state index contributed by atoms with van der Waals surface area (Å²) in [5.41, 5.74) is -0.560. The summed E-state index contributed by atoms with van der Waals surface area (Å²) < 4.78 is 91.5. The third kappa shape index (κ3) is 5.65. The van der Waals surface area contributed by atoms with E-state index < -0.39 is 42.5 Å². The van der Waals surface area contributed by atoms with Crippen molar-refractivity contribution < 1.29 is 30.0 Å². The van der Waals surface area contributed by atoms with Gasteiger partial charge in [-0.1, -0.05) is 24.3 Å². The zero-order valence-electron chi connectivity index (χ0n) is 18.0. The van der Waals surface area contributed by atoms with E-state index in [1.165, 1.54) is 29.5 Å². The molecule has 0 aliphatic carbocycles. The fourth-order valence-electron chi connectivity index (χ4n) is 3.25. The molecule has 3 rings (SSSR count). The number of rotatable bonds is 7. The van der Waals surface area contributed by atoms with Crippen molar-refractivity contribution in [2.45, 2.75) is 42.4 Å². The van der Waals surface area contributed by atoms with Crippen molar-refractivity contribution in [2.24, 2.45) is 0 Å². The Labute approximate surface area is 195 Å². The van der Waals surface area contributed by atoms with E-state index in [-0.39, 0.29) is 11.4 Å². The van der Waals surface area contributed by atoms with Crippen molar-refractivity contribution in [2.75, 3.05) is 6.26 Å². The summed E-state index contributed by atoms with van der Waals surface area (Å²) in [6, 6.07) is 13.3. The van der Waals surface area contributed by atoms with Crippen molar-refractivity contribution in [3.8, 4) is 10.4 Å². The summed E-state index contributed by atoms with van der Waals surface area (Å²) in [6.07, 6.45) is -3.71. The standard InChI is InChI=1S/C22H22F3NO4S3/c1-15(2)26(33(29,30)21-10-5-4-9-19(21)22(23,24)25)14-17-11-12-20(31-17)16-7-6-8-18(13-16)32(3,27)28/h4-13,15H,14H2,1-3H3. The lowest BCUT2D eigenvalue weighted by atomic mass is 10.2. The molecule has 1 heterocycles. The molecule has 0 fully saturated rings. The highest BCUT2D eigenvalue weighted by atomic mass is 32.2. The molecule has 0 unspecified atom stereocenters. The van der Waals surface area contributed by atoms with E-state index in [1.807, 2.05) is 0 Å². The van der Waals surface area contributed by atoms with Crippen molar-refractivity contribution in [3.63, 3.8) is 0 Å². The molecule has 0 saturated heterocycles. The molecule has 178 valence electrons. The molecule has 0 saturated carbocycles. The smallest absolute Gasteiger partial charge is 0.224 e. The van der Waals surface area contributed by atoms with E-state index in [0.717, 1.165) is 28.8 Å². The molecule has 0 spiro atoms. The van der Waals surface area contributed by atoms with Crippen LogP contribution in [0.3, 0.4) is 0 Å². The van der Waals surface area contributed by atoms with Crippen LogP contribution in [0.25, 0.3) is 10.4 Å². The van der Waals surface area contributed by atoms with Gasteiger partial charge in [-0.15, -0.1) is 11.3 Å². The van der Waals surface area contributed by atoms with Gasteiger partial charge in [0.15, 0.2) is 9.84 Å². The predicted molar refractivity (Wildman–Crippen MR) is 122 cm³/mol. The number of benzene rings is 2. The van der Waals surface area contributed by atoms with Crippen LogP contribution in [-0.2, 0) is 32.6 Å². The van der Waals surface area contributed by atoms with Crippen LogP contribution in [0, 0.1) is 0 Å². The molecule has 0 amide bonds. The van der Waals surface area contributed by atoms with Gasteiger partial charge in [0.2, 0.25) is 10.0 Å². The molecular weight excluding hydrogens is 495 g/mol. The number of nitrogens with zero attached hydrogens (tertiary/aromatic N) is 1. The Hall–Kier alpha value is -2.21. The average molecular weight is 518 g/mol. The second kappa shape index (κ2) is 9.21. The van der Waals surface area contributed by atoms with Crippen molar-refractivity contribution >= 4 is 31.2 Å². The molecule has 3 aromatic rings. The van der Waals surface area contributed by atoms with Crippen LogP contribution in [-0.4, -0.2) is 33.4 Å². The lowest BCUT2D eigenvalue weighted by Crippen LogP contribution is -2.37. The zero-order valence-corrected chi connectivity index (χ0v) is 20.4. The third-order valence-corrected chi connectivity index (χ3v) is 9.18. The molecular formula is C22H22F3NO4S3. The normalized spacial score (nSPS) is 13.1. The number of thiophene rings is 1. The fourth-order valence-corrected chi connectivity index (χ4v) is 6.83. The van der Waals surface area contributed by atoms with Gasteiger partial charge in [0.1, 0.15) is 0 Å². The number of hydrogen-bond donors (Lipinski definition) is 0. The summed E-state index contributed by atoms with van der Waals surface area (Å²) in [5.74, 6) is 0. The average Bonchev–Trinajstić information content (AvgIpc) is 3.19.